The number of fused-ring (bicyclic) bond motifs is 1. The zero-order valence-corrected chi connectivity index (χ0v) is 15.6. The molecule has 7 nitrogen and oxygen atoms in total. The van der Waals surface area contributed by atoms with Crippen molar-refractivity contribution in [3.8, 4) is 11.5 Å². The standard InChI is InChI=1S/C19H27N5O2/c1-22-8-10-24(11-9-22)19-20-15-13-17(26-2)16(25)12-14(15)18(21-19)23-6-4-3-5-7-23/h12-13,25H,3-11H2,1-2H3. The molecular weight excluding hydrogens is 330 g/mol. The third kappa shape index (κ3) is 3.23. The molecule has 140 valence electrons. The van der Waals surface area contributed by atoms with Crippen LogP contribution in [0.4, 0.5) is 11.8 Å². The highest BCUT2D eigenvalue weighted by Gasteiger charge is 2.22. The van der Waals surface area contributed by atoms with Crippen molar-refractivity contribution in [2.75, 3.05) is 63.2 Å². The number of methoxy groups -OCH3 is 1. The maximum absolute atomic E-state index is 10.3. The molecule has 1 N–H and O–H groups in total. The fourth-order valence-electron chi connectivity index (χ4n) is 3.78. The molecule has 1 aromatic heterocycles. The molecule has 0 saturated carbocycles. The van der Waals surface area contributed by atoms with E-state index in [2.05, 4.69) is 21.7 Å². The van der Waals surface area contributed by atoms with Crippen LogP contribution >= 0.6 is 0 Å². The Morgan fingerprint density at radius 3 is 2.35 bits per heavy atom. The summed E-state index contributed by atoms with van der Waals surface area (Å²) in [5.41, 5.74) is 0.823. The van der Waals surface area contributed by atoms with Crippen LogP contribution < -0.4 is 14.5 Å². The van der Waals surface area contributed by atoms with Crippen molar-refractivity contribution in [1.29, 1.82) is 0 Å². The number of phenols is 1. The predicted octanol–water partition coefficient (Wildman–Crippen LogP) is 2.09. The van der Waals surface area contributed by atoms with Gasteiger partial charge in [-0.05, 0) is 32.4 Å². The molecule has 4 rings (SSSR count). The van der Waals surface area contributed by atoms with Crippen LogP contribution in [0.25, 0.3) is 10.9 Å². The summed E-state index contributed by atoms with van der Waals surface area (Å²) >= 11 is 0. The molecular formula is C19H27N5O2. The number of nitrogens with zero attached hydrogens (tertiary/aromatic N) is 5. The van der Waals surface area contributed by atoms with E-state index < -0.39 is 0 Å². The second kappa shape index (κ2) is 7.15. The molecule has 2 aliphatic heterocycles. The number of aromatic nitrogens is 2. The zero-order chi connectivity index (χ0) is 18.1. The number of aromatic hydroxyl groups is 1. The second-order valence-electron chi connectivity index (χ2n) is 7.23. The lowest BCUT2D eigenvalue weighted by Crippen LogP contribution is -2.45. The number of likely N-dealkylation sites (N-methyl/N-ethyl adjacent to an activating group) is 1. The van der Waals surface area contributed by atoms with Crippen molar-refractivity contribution in [1.82, 2.24) is 14.9 Å². The molecule has 2 fully saturated rings. The number of phenolic OH excluding ortho intramolecular Hbond substituents is 1. The van der Waals surface area contributed by atoms with Gasteiger partial charge in [-0.1, -0.05) is 0 Å². The molecule has 3 heterocycles. The number of hydrogen-bond acceptors (Lipinski definition) is 7. The van der Waals surface area contributed by atoms with E-state index in [1.54, 1.807) is 13.2 Å². The number of piperazine rings is 1. The molecule has 0 unspecified atom stereocenters. The van der Waals surface area contributed by atoms with Gasteiger partial charge in [0, 0.05) is 50.7 Å². The summed E-state index contributed by atoms with van der Waals surface area (Å²) in [6.07, 6.45) is 3.62. The van der Waals surface area contributed by atoms with Crippen molar-refractivity contribution in [3.05, 3.63) is 12.1 Å². The Labute approximate surface area is 154 Å². The van der Waals surface area contributed by atoms with E-state index in [1.807, 2.05) is 6.07 Å². The van der Waals surface area contributed by atoms with E-state index in [4.69, 9.17) is 14.7 Å². The molecule has 2 aromatic rings. The summed E-state index contributed by atoms with van der Waals surface area (Å²) in [6, 6.07) is 3.56. The van der Waals surface area contributed by atoms with Gasteiger partial charge in [0.25, 0.3) is 0 Å². The first-order valence-corrected chi connectivity index (χ1v) is 9.43. The van der Waals surface area contributed by atoms with Crippen LogP contribution in [0, 0.1) is 0 Å². The van der Waals surface area contributed by atoms with E-state index in [0.29, 0.717) is 5.75 Å². The lowest BCUT2D eigenvalue weighted by Gasteiger charge is -2.34. The summed E-state index contributed by atoms with van der Waals surface area (Å²) in [5, 5.41) is 11.2. The lowest BCUT2D eigenvalue weighted by molar-refractivity contribution is 0.311. The van der Waals surface area contributed by atoms with Crippen molar-refractivity contribution in [3.63, 3.8) is 0 Å². The van der Waals surface area contributed by atoms with Gasteiger partial charge in [0.1, 0.15) is 5.82 Å². The molecule has 0 radical (unpaired) electrons. The third-order valence-electron chi connectivity index (χ3n) is 5.41. The van der Waals surface area contributed by atoms with Crippen LogP contribution in [0.2, 0.25) is 0 Å². The summed E-state index contributed by atoms with van der Waals surface area (Å²) in [4.78, 5) is 16.7. The number of piperidine rings is 1. The number of hydrogen-bond donors (Lipinski definition) is 1. The van der Waals surface area contributed by atoms with Crippen LogP contribution in [-0.4, -0.2) is 73.4 Å². The van der Waals surface area contributed by atoms with E-state index in [0.717, 1.165) is 61.9 Å². The summed E-state index contributed by atoms with van der Waals surface area (Å²) in [6.45, 7) is 5.88. The zero-order valence-electron chi connectivity index (χ0n) is 15.6. The smallest absolute Gasteiger partial charge is 0.227 e. The van der Waals surface area contributed by atoms with Gasteiger partial charge in [-0.3, -0.25) is 0 Å². The van der Waals surface area contributed by atoms with Gasteiger partial charge < -0.3 is 24.5 Å². The van der Waals surface area contributed by atoms with E-state index >= 15 is 0 Å². The molecule has 0 spiro atoms. The van der Waals surface area contributed by atoms with Crippen molar-refractivity contribution in [2.24, 2.45) is 0 Å². The highest BCUT2D eigenvalue weighted by molar-refractivity contribution is 5.93. The largest absolute Gasteiger partial charge is 0.504 e. The van der Waals surface area contributed by atoms with Gasteiger partial charge in [0.15, 0.2) is 11.5 Å². The average molecular weight is 357 g/mol. The monoisotopic (exact) mass is 357 g/mol. The number of anilines is 2. The number of benzene rings is 1. The maximum atomic E-state index is 10.3. The lowest BCUT2D eigenvalue weighted by atomic mass is 10.1. The highest BCUT2D eigenvalue weighted by atomic mass is 16.5. The van der Waals surface area contributed by atoms with Crippen LogP contribution in [0.1, 0.15) is 19.3 Å². The minimum atomic E-state index is 0.134. The molecule has 1 aromatic carbocycles. The van der Waals surface area contributed by atoms with E-state index in [1.165, 1.54) is 19.3 Å². The molecule has 0 amide bonds. The Morgan fingerprint density at radius 1 is 0.923 bits per heavy atom. The molecule has 26 heavy (non-hydrogen) atoms. The summed E-state index contributed by atoms with van der Waals surface area (Å²) < 4.78 is 5.29. The Kier molecular flexibility index (Phi) is 4.72. The number of ether oxygens (including phenoxy) is 1. The van der Waals surface area contributed by atoms with Gasteiger partial charge in [0.2, 0.25) is 5.95 Å². The fraction of sp³-hybridized carbons (Fsp3) is 0.579. The third-order valence-corrected chi connectivity index (χ3v) is 5.41. The second-order valence-corrected chi connectivity index (χ2v) is 7.23. The minimum Gasteiger partial charge on any atom is -0.504 e. The predicted molar refractivity (Wildman–Crippen MR) is 104 cm³/mol. The molecule has 0 aliphatic carbocycles. The first kappa shape index (κ1) is 17.1. The van der Waals surface area contributed by atoms with Crippen LogP contribution in [0.15, 0.2) is 12.1 Å². The van der Waals surface area contributed by atoms with Crippen LogP contribution in [-0.2, 0) is 0 Å². The Balaban J connectivity index is 1.81. The van der Waals surface area contributed by atoms with Gasteiger partial charge in [-0.15, -0.1) is 0 Å². The Morgan fingerprint density at radius 2 is 1.65 bits per heavy atom. The van der Waals surface area contributed by atoms with Crippen molar-refractivity contribution in [2.45, 2.75) is 19.3 Å². The SMILES string of the molecule is COc1cc2nc(N3CCN(C)CC3)nc(N3CCCCC3)c2cc1O. The first-order valence-electron chi connectivity index (χ1n) is 9.43. The summed E-state index contributed by atoms with van der Waals surface area (Å²) in [7, 11) is 3.71. The highest BCUT2D eigenvalue weighted by Crippen LogP contribution is 2.36. The fourth-order valence-corrected chi connectivity index (χ4v) is 3.78. The van der Waals surface area contributed by atoms with Crippen LogP contribution in [0.3, 0.4) is 0 Å². The molecule has 0 bridgehead atoms. The van der Waals surface area contributed by atoms with Crippen molar-refractivity contribution >= 4 is 22.7 Å². The van der Waals surface area contributed by atoms with Gasteiger partial charge in [0.05, 0.1) is 12.6 Å². The quantitative estimate of drug-likeness (QED) is 0.902. The van der Waals surface area contributed by atoms with Gasteiger partial charge in [-0.25, -0.2) is 4.98 Å². The molecule has 2 aliphatic rings. The normalized spacial score (nSPS) is 19.2. The van der Waals surface area contributed by atoms with E-state index in [9.17, 15) is 5.11 Å². The minimum absolute atomic E-state index is 0.134. The molecule has 0 atom stereocenters. The average Bonchev–Trinajstić information content (AvgIpc) is 2.68. The number of rotatable bonds is 3. The van der Waals surface area contributed by atoms with Crippen molar-refractivity contribution < 1.29 is 9.84 Å². The van der Waals surface area contributed by atoms with Gasteiger partial charge in [-0.2, -0.15) is 4.98 Å². The summed E-state index contributed by atoms with van der Waals surface area (Å²) in [5.74, 6) is 2.29. The Hall–Kier alpha value is -2.28. The van der Waals surface area contributed by atoms with Gasteiger partial charge >= 0.3 is 0 Å². The Bertz CT molecular complexity index is 783. The topological polar surface area (TPSA) is 65.0 Å². The first-order chi connectivity index (χ1) is 12.7. The molecule has 7 heteroatoms. The van der Waals surface area contributed by atoms with E-state index in [-0.39, 0.29) is 5.75 Å². The maximum Gasteiger partial charge on any atom is 0.227 e. The molecule has 2 saturated heterocycles. The van der Waals surface area contributed by atoms with Crippen LogP contribution in [0.5, 0.6) is 11.5 Å².